The molecule has 0 amide bonds. The number of rotatable bonds is 4. The number of carbonyl (C=O) groups excluding carboxylic acids is 4. The highest BCUT2D eigenvalue weighted by atomic mass is 36.0. The van der Waals surface area contributed by atoms with Gasteiger partial charge in [-0.3, -0.25) is 19.4 Å². The minimum absolute atomic E-state index is 0. The summed E-state index contributed by atoms with van der Waals surface area (Å²) in [6.07, 6.45) is 16.6. The molecule has 2 N–H and O–H groups in total. The molecule has 0 radical (unpaired) electrons. The summed E-state index contributed by atoms with van der Waals surface area (Å²) in [5.41, 5.74) is 11.0. The number of Topliss-reactive ketones (excluding diaryl/α,β-unsaturated/α-hetero) is 1. The predicted molar refractivity (Wildman–Crippen MR) is 244 cm³/mol. The summed E-state index contributed by atoms with van der Waals surface area (Å²) < 4.78 is 24.7. The van der Waals surface area contributed by atoms with E-state index in [9.17, 15) is 9.59 Å². The Kier molecular flexibility index (Phi) is 16.3. The Morgan fingerprint density at radius 1 is 0.677 bits per heavy atom. The van der Waals surface area contributed by atoms with Crippen LogP contribution in [0.3, 0.4) is 0 Å². The van der Waals surface area contributed by atoms with Gasteiger partial charge in [-0.2, -0.15) is 9.59 Å². The van der Waals surface area contributed by atoms with E-state index in [1.54, 1.807) is 43.1 Å². The molecule has 8 fully saturated rings. The van der Waals surface area contributed by atoms with Gasteiger partial charge in [-0.25, -0.2) is 4.21 Å². The average Bonchev–Trinajstić information content (AvgIpc) is 4.00. The van der Waals surface area contributed by atoms with E-state index in [4.69, 9.17) is 44.4 Å². The first-order valence-corrected chi connectivity index (χ1v) is 23.7. The number of piperidine rings is 6. The Morgan fingerprint density at radius 3 is 1.58 bits per heavy atom. The summed E-state index contributed by atoms with van der Waals surface area (Å²) >= 11 is 5.30. The fraction of sp³-hybridized carbons (Fsp3) is 0.413. The number of nitrogens with two attached hydrogens (primary N) is 1. The van der Waals surface area contributed by atoms with Crippen molar-refractivity contribution in [3.8, 4) is 0 Å². The smallest absolute Gasteiger partial charge is 0.373 e. The van der Waals surface area contributed by atoms with Crippen LogP contribution in [0.4, 0.5) is 0 Å². The molecule has 4 bridgehead atoms. The summed E-state index contributed by atoms with van der Waals surface area (Å²) in [5.74, 6) is 2.53. The second kappa shape index (κ2) is 21.2. The SMILES string of the molecule is Cl.N[C@@H]1C2CCN(CC2)C12CC2.O=C(C[C@@H]1C2CCN(CC2)C12CC2)c1ccc2occc2c1.O=C(Cl)c1ccc2occc2c1.O=C=O.O=S(Cl)Cl.c1ccc2occc2c1. The number of nitrogens with zero attached hydrogens (tertiary/aromatic N) is 2. The van der Waals surface area contributed by atoms with Crippen molar-refractivity contribution in [2.24, 2.45) is 23.5 Å². The number of carbonyl (C=O) groups is 2. The molecule has 3 aromatic carbocycles. The number of fused-ring (bicyclic) bond motifs is 7. The zero-order valence-electron chi connectivity index (χ0n) is 33.9. The molecule has 9 heterocycles. The number of benzene rings is 3. The van der Waals surface area contributed by atoms with E-state index < -0.39 is 14.5 Å². The lowest BCUT2D eigenvalue weighted by Gasteiger charge is -2.52. The topological polar surface area (TPSA) is 157 Å². The van der Waals surface area contributed by atoms with Gasteiger partial charge < -0.3 is 19.0 Å². The van der Waals surface area contributed by atoms with Crippen LogP contribution in [0.15, 0.2) is 111 Å². The van der Waals surface area contributed by atoms with E-state index >= 15 is 0 Å². The van der Waals surface area contributed by atoms with Crippen molar-refractivity contribution in [1.82, 2.24) is 9.80 Å². The molecular formula is C46H49Cl4N3O8S. The van der Waals surface area contributed by atoms with Crippen molar-refractivity contribution >= 4 is 105 Å². The summed E-state index contributed by atoms with van der Waals surface area (Å²) in [7, 11) is 7.36. The second-order valence-corrected chi connectivity index (χ2v) is 19.3. The van der Waals surface area contributed by atoms with E-state index in [2.05, 4.69) is 31.2 Å². The number of hydrogen-bond donors (Lipinski definition) is 1. The van der Waals surface area contributed by atoms with Gasteiger partial charge in [0.1, 0.15) is 16.7 Å². The van der Waals surface area contributed by atoms with E-state index in [1.807, 2.05) is 54.6 Å². The Balaban J connectivity index is 0.000000138. The molecule has 8 aliphatic rings. The molecule has 2 spiro atoms. The molecule has 2 saturated carbocycles. The lowest BCUT2D eigenvalue weighted by molar-refractivity contribution is -0.191. The van der Waals surface area contributed by atoms with Crippen molar-refractivity contribution in [3.05, 3.63) is 109 Å². The maximum absolute atomic E-state index is 12.8. The third kappa shape index (κ3) is 10.9. The van der Waals surface area contributed by atoms with Crippen LogP contribution < -0.4 is 5.73 Å². The zero-order chi connectivity index (χ0) is 43.1. The Bertz CT molecular complexity index is 2450. The third-order valence-electron chi connectivity index (χ3n) is 13.5. The number of furan rings is 3. The summed E-state index contributed by atoms with van der Waals surface area (Å²) in [4.78, 5) is 45.2. The molecule has 6 saturated heterocycles. The molecule has 16 heteroatoms. The van der Waals surface area contributed by atoms with Gasteiger partial charge >= 0.3 is 6.15 Å². The van der Waals surface area contributed by atoms with Crippen LogP contribution in [-0.4, -0.2) is 74.5 Å². The molecule has 2 aliphatic carbocycles. The van der Waals surface area contributed by atoms with Crippen molar-refractivity contribution in [1.29, 1.82) is 0 Å². The molecule has 6 aromatic rings. The van der Waals surface area contributed by atoms with Gasteiger partial charge in [0.2, 0.25) is 9.23 Å². The van der Waals surface area contributed by atoms with E-state index in [0.717, 1.165) is 56.7 Å². The van der Waals surface area contributed by atoms with Crippen LogP contribution in [-0.2, 0) is 18.8 Å². The Labute approximate surface area is 382 Å². The fourth-order valence-corrected chi connectivity index (χ4v) is 10.3. The second-order valence-electron chi connectivity index (χ2n) is 16.5. The predicted octanol–water partition coefficient (Wildman–Crippen LogP) is 10.6. The third-order valence-corrected chi connectivity index (χ3v) is 13.7. The molecule has 62 heavy (non-hydrogen) atoms. The van der Waals surface area contributed by atoms with Gasteiger partial charge in [-0.15, -0.1) is 12.4 Å². The van der Waals surface area contributed by atoms with Crippen molar-refractivity contribution < 1.29 is 36.6 Å². The van der Waals surface area contributed by atoms with Crippen LogP contribution in [0.1, 0.15) is 78.5 Å². The highest BCUT2D eigenvalue weighted by molar-refractivity contribution is 8.26. The first-order valence-electron chi connectivity index (χ1n) is 20.6. The van der Waals surface area contributed by atoms with Crippen LogP contribution in [0.5, 0.6) is 0 Å². The first-order chi connectivity index (χ1) is 29.5. The van der Waals surface area contributed by atoms with Gasteiger partial charge in [0.25, 0.3) is 5.24 Å². The minimum atomic E-state index is -1.67. The molecule has 14 rings (SSSR count). The number of para-hydroxylation sites is 1. The van der Waals surface area contributed by atoms with E-state index in [0.29, 0.717) is 34.4 Å². The Hall–Kier alpha value is -3.81. The minimum Gasteiger partial charge on any atom is -0.464 e. The summed E-state index contributed by atoms with van der Waals surface area (Å²) in [5, 5.41) is 2.64. The van der Waals surface area contributed by atoms with Gasteiger partial charge in [0.05, 0.1) is 18.8 Å². The van der Waals surface area contributed by atoms with Gasteiger partial charge in [-0.1, -0.05) is 18.2 Å². The molecule has 3 aromatic heterocycles. The monoisotopic (exact) mass is 943 g/mol. The van der Waals surface area contributed by atoms with Crippen LogP contribution in [0.2, 0.25) is 0 Å². The van der Waals surface area contributed by atoms with E-state index in [-0.39, 0.29) is 18.6 Å². The standard InChI is InChI=1S/C19H21NO2.C9H5ClO2.C9H16N2.C8H6O.CO2.Cl2OS.ClH/c21-17(14-1-2-18-15(11-14)5-10-22-18)12-16-13-3-8-20(9-4-13)19(16)6-7-19;10-9(11)7-1-2-8-6(5-7)3-4-12-8;10-8-7-1-5-11(6-2-7)9(8)3-4-9;1-2-4-8-7(3-1)5-6-9-8;2-1-3;1-4(2)3;/h1-2,5,10-11,13,16H,3-4,6-9,12H2;1-5H;7-8H,1-6,10H2;1-6H;;;1H/t16-;;8-;;;;/m1.1..../s1. The molecule has 330 valence electrons. The maximum atomic E-state index is 12.8. The number of halogens is 4. The first kappa shape index (κ1) is 47.7. The highest BCUT2D eigenvalue weighted by Crippen LogP contribution is 2.58. The van der Waals surface area contributed by atoms with Crippen LogP contribution in [0.25, 0.3) is 32.9 Å². The van der Waals surface area contributed by atoms with Gasteiger partial charge in [0.15, 0.2) is 5.78 Å². The van der Waals surface area contributed by atoms with Crippen LogP contribution in [0, 0.1) is 17.8 Å². The number of ketones is 1. The van der Waals surface area contributed by atoms with Crippen LogP contribution >= 0.6 is 45.4 Å². The zero-order valence-corrected chi connectivity index (χ0v) is 37.8. The molecule has 0 unspecified atom stereocenters. The van der Waals surface area contributed by atoms with Gasteiger partial charge in [-0.05, 0) is 168 Å². The normalized spacial score (nSPS) is 24.6. The highest BCUT2D eigenvalue weighted by Gasteiger charge is 2.60. The number of hydrogen-bond acceptors (Lipinski definition) is 11. The maximum Gasteiger partial charge on any atom is 0.373 e. The van der Waals surface area contributed by atoms with Crippen molar-refractivity contribution in [2.45, 2.75) is 74.9 Å². The Morgan fingerprint density at radius 2 is 1.11 bits per heavy atom. The lowest BCUT2D eigenvalue weighted by Crippen LogP contribution is -2.63. The molecule has 11 nitrogen and oxygen atoms in total. The average molecular weight is 946 g/mol. The quantitative estimate of drug-likeness (QED) is 0.132. The largest absolute Gasteiger partial charge is 0.464 e. The fourth-order valence-electron chi connectivity index (χ4n) is 10.2. The molecule has 2 atom stereocenters. The summed E-state index contributed by atoms with van der Waals surface area (Å²) in [6.45, 7) is 5.18. The lowest BCUT2D eigenvalue weighted by atomic mass is 9.69. The van der Waals surface area contributed by atoms with E-state index in [1.165, 1.54) is 77.5 Å². The van der Waals surface area contributed by atoms with Crippen molar-refractivity contribution in [2.75, 3.05) is 26.2 Å². The summed E-state index contributed by atoms with van der Waals surface area (Å²) in [6, 6.07) is 25.0. The molecular weight excluding hydrogens is 896 g/mol. The molecule has 6 aliphatic heterocycles. The van der Waals surface area contributed by atoms with Crippen molar-refractivity contribution in [3.63, 3.8) is 0 Å². The van der Waals surface area contributed by atoms with Gasteiger partial charge in [0, 0.05) is 72.2 Å².